The number of rotatable bonds is 8. The number of guanidine groups is 2. The molecule has 0 amide bonds. The highest BCUT2D eigenvalue weighted by Crippen LogP contribution is 1.93. The van der Waals surface area contributed by atoms with E-state index in [4.69, 9.17) is 31.8 Å². The second kappa shape index (κ2) is 9.39. The zero-order valence-corrected chi connectivity index (χ0v) is 12.5. The van der Waals surface area contributed by atoms with Crippen molar-refractivity contribution >= 4 is 23.9 Å². The summed E-state index contributed by atoms with van der Waals surface area (Å²) >= 11 is 0. The summed E-state index contributed by atoms with van der Waals surface area (Å²) in [5.41, 5.74) is 10.3. The average Bonchev–Trinajstić information content (AvgIpc) is 2.42. The Morgan fingerprint density at radius 3 is 1.59 bits per heavy atom. The molecule has 0 saturated heterocycles. The fourth-order valence-corrected chi connectivity index (χ4v) is 1.08. The first-order chi connectivity index (χ1) is 10.1. The van der Waals surface area contributed by atoms with Crippen LogP contribution in [0.1, 0.15) is 0 Å². The molecule has 0 atom stereocenters. The van der Waals surface area contributed by atoms with Gasteiger partial charge in [-0.05, 0) is 0 Å². The molecule has 11 heteroatoms. The number of nitrogens with zero attached hydrogens (tertiary/aromatic N) is 2. The van der Waals surface area contributed by atoms with Crippen LogP contribution in [0.15, 0.2) is 0 Å². The zero-order chi connectivity index (χ0) is 17.3. The zero-order valence-electron chi connectivity index (χ0n) is 12.5. The van der Waals surface area contributed by atoms with Crippen LogP contribution in [-0.4, -0.2) is 85.3 Å². The lowest BCUT2D eigenvalue weighted by Crippen LogP contribution is -2.39. The monoisotopic (exact) mass is 318 g/mol. The molecular formula is C11H22N6O5. The number of hydrogen-bond donors (Lipinski definition) is 5. The Kier molecular flexibility index (Phi) is 8.30. The fraction of sp³-hybridized carbons (Fsp3) is 0.636. The average molecular weight is 318 g/mol. The van der Waals surface area contributed by atoms with Gasteiger partial charge in [-0.15, -0.1) is 0 Å². The number of hydrogen-bond acceptors (Lipinski definition) is 7. The third kappa shape index (κ3) is 8.58. The number of esters is 2. The molecule has 0 aromatic rings. The predicted molar refractivity (Wildman–Crippen MR) is 77.0 cm³/mol. The summed E-state index contributed by atoms with van der Waals surface area (Å²) in [4.78, 5) is 25.0. The van der Waals surface area contributed by atoms with Gasteiger partial charge in [0.05, 0.1) is 0 Å². The van der Waals surface area contributed by atoms with E-state index in [-0.39, 0.29) is 38.2 Å². The van der Waals surface area contributed by atoms with Crippen LogP contribution in [0.4, 0.5) is 0 Å². The van der Waals surface area contributed by atoms with E-state index >= 15 is 0 Å². The van der Waals surface area contributed by atoms with Crippen molar-refractivity contribution in [1.82, 2.24) is 9.80 Å². The molecule has 0 rings (SSSR count). The van der Waals surface area contributed by atoms with E-state index in [2.05, 4.69) is 0 Å². The number of carbonyl (C=O) groups is 2. The molecule has 0 aromatic heterocycles. The van der Waals surface area contributed by atoms with Crippen LogP contribution in [0.2, 0.25) is 0 Å². The van der Waals surface area contributed by atoms with Gasteiger partial charge >= 0.3 is 11.9 Å². The predicted octanol–water partition coefficient (Wildman–Crippen LogP) is -2.92. The lowest BCUT2D eigenvalue weighted by molar-refractivity contribution is -0.152. The lowest BCUT2D eigenvalue weighted by Gasteiger charge is -2.18. The minimum atomic E-state index is -1.18. The molecule has 126 valence electrons. The summed E-state index contributed by atoms with van der Waals surface area (Å²) in [6.45, 7) is -1.18. The third-order valence-electron chi connectivity index (χ3n) is 2.43. The number of nitrogens with two attached hydrogens (primary N) is 2. The topological polar surface area (TPSA) is 179 Å². The van der Waals surface area contributed by atoms with Crippen LogP contribution >= 0.6 is 0 Å². The summed E-state index contributed by atoms with van der Waals surface area (Å²) in [7, 11) is 2.88. The molecule has 11 nitrogen and oxygen atoms in total. The van der Waals surface area contributed by atoms with E-state index in [9.17, 15) is 14.7 Å². The van der Waals surface area contributed by atoms with Crippen LogP contribution in [-0.2, 0) is 19.1 Å². The summed E-state index contributed by atoms with van der Waals surface area (Å²) in [6, 6.07) is 0. The van der Waals surface area contributed by atoms with Crippen LogP contribution in [0.5, 0.6) is 0 Å². The molecule has 0 spiro atoms. The SMILES string of the molecule is CN(CC(=O)OCC(O)COC(=O)CN(C)C(=N)N)C(=N)N. The van der Waals surface area contributed by atoms with Gasteiger partial charge in [0.1, 0.15) is 32.4 Å². The van der Waals surface area contributed by atoms with Gasteiger partial charge in [-0.25, -0.2) is 0 Å². The first-order valence-corrected chi connectivity index (χ1v) is 6.23. The molecular weight excluding hydrogens is 296 g/mol. The molecule has 0 aliphatic carbocycles. The number of aliphatic hydroxyl groups excluding tert-OH is 1. The van der Waals surface area contributed by atoms with Gasteiger partial charge in [0.2, 0.25) is 0 Å². The van der Waals surface area contributed by atoms with E-state index in [1.165, 1.54) is 14.1 Å². The Morgan fingerprint density at radius 2 is 1.32 bits per heavy atom. The maximum absolute atomic E-state index is 11.3. The number of carbonyl (C=O) groups excluding carboxylic acids is 2. The fourth-order valence-electron chi connectivity index (χ4n) is 1.08. The van der Waals surface area contributed by atoms with Gasteiger partial charge in [0.25, 0.3) is 0 Å². The molecule has 0 radical (unpaired) electrons. The van der Waals surface area contributed by atoms with E-state index in [1.54, 1.807) is 0 Å². The first kappa shape index (κ1) is 19.4. The van der Waals surface area contributed by atoms with Crippen molar-refractivity contribution in [1.29, 1.82) is 10.8 Å². The van der Waals surface area contributed by atoms with Crippen LogP contribution < -0.4 is 11.5 Å². The third-order valence-corrected chi connectivity index (χ3v) is 2.43. The number of aliphatic hydroxyl groups is 1. The quantitative estimate of drug-likeness (QED) is 0.178. The van der Waals surface area contributed by atoms with Crippen molar-refractivity contribution < 1.29 is 24.2 Å². The van der Waals surface area contributed by atoms with Crippen LogP contribution in [0.3, 0.4) is 0 Å². The summed E-state index contributed by atoms with van der Waals surface area (Å²) < 4.78 is 9.48. The second-order valence-corrected chi connectivity index (χ2v) is 4.50. The van der Waals surface area contributed by atoms with Gasteiger partial charge < -0.3 is 35.8 Å². The Balaban J connectivity index is 3.93. The summed E-state index contributed by atoms with van der Waals surface area (Å²) in [6.07, 6.45) is -1.18. The number of ether oxygens (including phenoxy) is 2. The van der Waals surface area contributed by atoms with Gasteiger partial charge in [-0.3, -0.25) is 20.4 Å². The first-order valence-electron chi connectivity index (χ1n) is 6.23. The Bertz CT molecular complexity index is 391. The standard InChI is InChI=1S/C11H22N6O5/c1-16(10(12)13)3-8(19)21-5-7(18)6-22-9(20)4-17(2)11(14)15/h7,18H,3-6H2,1-2H3,(H3,12,13)(H3,14,15). The smallest absolute Gasteiger partial charge is 0.325 e. The van der Waals surface area contributed by atoms with Gasteiger partial charge in [-0.2, -0.15) is 0 Å². The highest BCUT2D eigenvalue weighted by Gasteiger charge is 2.15. The van der Waals surface area contributed by atoms with E-state index in [0.717, 1.165) is 9.80 Å². The van der Waals surface area contributed by atoms with Crippen molar-refractivity contribution in [2.24, 2.45) is 11.5 Å². The minimum Gasteiger partial charge on any atom is -0.461 e. The maximum atomic E-state index is 11.3. The summed E-state index contributed by atoms with van der Waals surface area (Å²) in [5.74, 6) is -1.94. The van der Waals surface area contributed by atoms with Crippen molar-refractivity contribution in [2.75, 3.05) is 40.4 Å². The molecule has 0 unspecified atom stereocenters. The van der Waals surface area contributed by atoms with Crippen molar-refractivity contribution in [2.45, 2.75) is 6.10 Å². The van der Waals surface area contributed by atoms with Crippen molar-refractivity contribution in [3.8, 4) is 0 Å². The molecule has 0 fully saturated rings. The lowest BCUT2D eigenvalue weighted by atomic mass is 10.4. The van der Waals surface area contributed by atoms with Crippen molar-refractivity contribution in [3.63, 3.8) is 0 Å². The Morgan fingerprint density at radius 1 is 1.00 bits per heavy atom. The largest absolute Gasteiger partial charge is 0.461 e. The van der Waals surface area contributed by atoms with Crippen LogP contribution in [0, 0.1) is 10.8 Å². The second-order valence-electron chi connectivity index (χ2n) is 4.50. The Hall–Kier alpha value is -2.56. The highest BCUT2D eigenvalue weighted by molar-refractivity contribution is 5.81. The van der Waals surface area contributed by atoms with E-state index < -0.39 is 18.0 Å². The van der Waals surface area contributed by atoms with E-state index in [1.807, 2.05) is 0 Å². The summed E-state index contributed by atoms with van der Waals surface area (Å²) in [5, 5.41) is 23.7. The maximum Gasteiger partial charge on any atom is 0.325 e. The molecule has 0 heterocycles. The Labute approximate surface area is 127 Å². The molecule has 0 aliphatic heterocycles. The molecule has 0 aromatic carbocycles. The van der Waals surface area contributed by atoms with Gasteiger partial charge in [-0.1, -0.05) is 0 Å². The molecule has 7 N–H and O–H groups in total. The highest BCUT2D eigenvalue weighted by atomic mass is 16.6. The molecule has 0 bridgehead atoms. The van der Waals surface area contributed by atoms with E-state index in [0.29, 0.717) is 0 Å². The van der Waals surface area contributed by atoms with Crippen LogP contribution in [0.25, 0.3) is 0 Å². The normalized spacial score (nSPS) is 11.2. The van der Waals surface area contributed by atoms with Crippen molar-refractivity contribution in [3.05, 3.63) is 0 Å². The number of likely N-dealkylation sites (N-methyl/N-ethyl adjacent to an activating group) is 2. The molecule has 0 aliphatic rings. The van der Waals surface area contributed by atoms with Gasteiger partial charge in [0.15, 0.2) is 11.9 Å². The van der Waals surface area contributed by atoms with Gasteiger partial charge in [0, 0.05) is 14.1 Å². The molecule has 22 heavy (non-hydrogen) atoms. The minimum absolute atomic E-state index is 0.231. The number of nitrogens with one attached hydrogen (secondary N) is 2. The molecule has 0 saturated carbocycles.